The first-order chi connectivity index (χ1) is 11.2. The number of nitrogens with zero attached hydrogens (tertiary/aromatic N) is 3. The predicted octanol–water partition coefficient (Wildman–Crippen LogP) is 3.30. The van der Waals surface area contributed by atoms with Crippen LogP contribution >= 0.6 is 0 Å². The third-order valence-electron chi connectivity index (χ3n) is 3.73. The molecule has 114 valence electrons. The van der Waals surface area contributed by atoms with Crippen molar-refractivity contribution in [3.8, 4) is 23.5 Å². The number of fused-ring (bicyclic) bond motifs is 1. The number of rotatable bonds is 2. The van der Waals surface area contributed by atoms with Crippen LogP contribution in [0.1, 0.15) is 11.7 Å². The molecule has 4 nitrogen and oxygen atoms in total. The lowest BCUT2D eigenvalue weighted by Gasteiger charge is -2.32. The molecule has 1 atom stereocenters. The monoisotopic (exact) mass is 303 g/mol. The second kappa shape index (κ2) is 6.37. The van der Waals surface area contributed by atoms with Crippen molar-refractivity contribution in [3.05, 3.63) is 66.6 Å². The molecular weight excluding hydrogens is 286 g/mol. The molecular formula is C19H17N3O. The molecule has 1 unspecified atom stereocenters. The van der Waals surface area contributed by atoms with E-state index in [4.69, 9.17) is 6.42 Å². The van der Waals surface area contributed by atoms with Crippen LogP contribution in [0.3, 0.4) is 0 Å². The Kier molecular flexibility index (Phi) is 4.11. The summed E-state index contributed by atoms with van der Waals surface area (Å²) in [7, 11) is 1.71. The summed E-state index contributed by atoms with van der Waals surface area (Å²) >= 11 is 0. The zero-order valence-electron chi connectivity index (χ0n) is 12.9. The Morgan fingerprint density at radius 2 is 2.00 bits per heavy atom. The molecule has 3 aliphatic rings. The van der Waals surface area contributed by atoms with Crippen LogP contribution < -0.4 is 0 Å². The SMILES string of the molecule is C#CC(c1ccccn1)N1CC=CN(C)C1=O.c1cc2cc-2c1. The van der Waals surface area contributed by atoms with Crippen LogP contribution in [0.15, 0.2) is 60.9 Å². The molecule has 4 heteroatoms. The number of terminal acetylenes is 1. The minimum atomic E-state index is -0.420. The summed E-state index contributed by atoms with van der Waals surface area (Å²) in [5.41, 5.74) is 3.57. The molecule has 0 saturated carbocycles. The highest BCUT2D eigenvalue weighted by molar-refractivity contribution is 5.80. The van der Waals surface area contributed by atoms with E-state index in [2.05, 4.69) is 35.2 Å². The Labute approximate surface area is 136 Å². The molecule has 0 fully saturated rings. The van der Waals surface area contributed by atoms with Gasteiger partial charge in [0.2, 0.25) is 0 Å². The van der Waals surface area contributed by atoms with E-state index in [1.165, 1.54) is 16.0 Å². The summed E-state index contributed by atoms with van der Waals surface area (Å²) in [6.45, 7) is 0.509. The molecule has 4 rings (SSSR count). The lowest BCUT2D eigenvalue weighted by atomic mass is 10.1. The molecule has 1 aromatic rings. The van der Waals surface area contributed by atoms with Gasteiger partial charge in [-0.05, 0) is 35.4 Å². The Bertz CT molecular complexity index is 759. The van der Waals surface area contributed by atoms with Crippen molar-refractivity contribution in [2.75, 3.05) is 13.6 Å². The van der Waals surface area contributed by atoms with E-state index in [0.717, 1.165) is 0 Å². The molecule has 0 bridgehead atoms. The maximum Gasteiger partial charge on any atom is 0.325 e. The summed E-state index contributed by atoms with van der Waals surface area (Å²) in [5, 5.41) is 0. The molecule has 0 aromatic carbocycles. The molecule has 0 spiro atoms. The summed E-state index contributed by atoms with van der Waals surface area (Å²) in [6, 6.07) is 13.5. The fraction of sp³-hybridized carbons (Fsp3) is 0.158. The molecule has 2 amide bonds. The second-order valence-corrected chi connectivity index (χ2v) is 5.34. The van der Waals surface area contributed by atoms with Crippen LogP contribution in [0.2, 0.25) is 0 Å². The van der Waals surface area contributed by atoms with Crippen molar-refractivity contribution in [2.45, 2.75) is 6.04 Å². The largest absolute Gasteiger partial charge is 0.325 e. The standard InChI is InChI=1S/C13H13N3O.C6H4/c1-3-12(11-7-4-5-8-14-11)16-10-6-9-15(2)13(16)17;1-2-5-4-6(5)3-1/h1,4-9,12H,10H2,2H3;1-4H. The van der Waals surface area contributed by atoms with Gasteiger partial charge in [0.1, 0.15) is 6.04 Å². The van der Waals surface area contributed by atoms with E-state index in [0.29, 0.717) is 12.2 Å². The number of hydrogen-bond donors (Lipinski definition) is 0. The summed E-state index contributed by atoms with van der Waals surface area (Å²) in [6.07, 6.45) is 10.8. The zero-order chi connectivity index (χ0) is 16.2. The first-order valence-corrected chi connectivity index (χ1v) is 7.38. The van der Waals surface area contributed by atoms with Crippen LogP contribution in [-0.4, -0.2) is 34.4 Å². The smallest absolute Gasteiger partial charge is 0.304 e. The van der Waals surface area contributed by atoms with Crippen molar-refractivity contribution < 1.29 is 4.79 Å². The highest BCUT2D eigenvalue weighted by atomic mass is 16.2. The molecule has 2 heterocycles. The van der Waals surface area contributed by atoms with Gasteiger partial charge in [0.15, 0.2) is 0 Å². The minimum absolute atomic E-state index is 0.110. The number of hydrogen-bond acceptors (Lipinski definition) is 2. The van der Waals surface area contributed by atoms with Crippen LogP contribution in [0.25, 0.3) is 11.1 Å². The van der Waals surface area contributed by atoms with Gasteiger partial charge in [-0.2, -0.15) is 0 Å². The maximum absolute atomic E-state index is 12.0. The van der Waals surface area contributed by atoms with Gasteiger partial charge in [-0.25, -0.2) is 4.79 Å². The Morgan fingerprint density at radius 1 is 1.22 bits per heavy atom. The third-order valence-corrected chi connectivity index (χ3v) is 3.73. The van der Waals surface area contributed by atoms with E-state index in [-0.39, 0.29) is 6.03 Å². The van der Waals surface area contributed by atoms with Gasteiger partial charge in [0.05, 0.1) is 5.69 Å². The normalized spacial score (nSPS) is 15.4. The summed E-state index contributed by atoms with van der Waals surface area (Å²) in [5.74, 6) is 2.62. The highest BCUT2D eigenvalue weighted by Gasteiger charge is 2.27. The Morgan fingerprint density at radius 3 is 2.52 bits per heavy atom. The molecule has 2 aliphatic carbocycles. The van der Waals surface area contributed by atoms with Crippen LogP contribution in [0, 0.1) is 12.3 Å². The summed E-state index contributed by atoms with van der Waals surface area (Å²) in [4.78, 5) is 19.3. The topological polar surface area (TPSA) is 36.4 Å². The van der Waals surface area contributed by atoms with E-state index in [1.54, 1.807) is 24.3 Å². The first-order valence-electron chi connectivity index (χ1n) is 7.38. The number of amides is 2. The lowest BCUT2D eigenvalue weighted by molar-refractivity contribution is 0.166. The van der Waals surface area contributed by atoms with Crippen molar-refractivity contribution in [3.63, 3.8) is 0 Å². The average molecular weight is 303 g/mol. The maximum atomic E-state index is 12.0. The van der Waals surface area contributed by atoms with Gasteiger partial charge < -0.3 is 9.80 Å². The quantitative estimate of drug-likeness (QED) is 0.681. The highest BCUT2D eigenvalue weighted by Crippen LogP contribution is 2.32. The van der Waals surface area contributed by atoms with Gasteiger partial charge in [-0.1, -0.05) is 30.2 Å². The van der Waals surface area contributed by atoms with Crippen LogP contribution in [0.5, 0.6) is 0 Å². The van der Waals surface area contributed by atoms with E-state index in [1.807, 2.05) is 24.3 Å². The molecule has 1 aliphatic heterocycles. The van der Waals surface area contributed by atoms with Crippen molar-refractivity contribution >= 4 is 6.03 Å². The van der Waals surface area contributed by atoms with Crippen molar-refractivity contribution in [1.82, 2.24) is 14.8 Å². The number of pyridine rings is 1. The van der Waals surface area contributed by atoms with Crippen molar-refractivity contribution in [2.24, 2.45) is 0 Å². The van der Waals surface area contributed by atoms with Gasteiger partial charge in [-0.3, -0.25) is 4.98 Å². The zero-order valence-corrected chi connectivity index (χ0v) is 12.9. The molecule has 0 radical (unpaired) electrons. The van der Waals surface area contributed by atoms with Gasteiger partial charge in [-0.15, -0.1) is 6.42 Å². The van der Waals surface area contributed by atoms with Gasteiger partial charge in [0.25, 0.3) is 0 Å². The number of aromatic nitrogens is 1. The molecule has 0 saturated heterocycles. The number of carbonyl (C=O) groups is 1. The first kappa shape index (κ1) is 14.9. The summed E-state index contributed by atoms with van der Waals surface area (Å²) < 4.78 is 0. The number of benzene rings is 1. The number of carbonyl (C=O) groups excluding carboxylic acids is 1. The van der Waals surface area contributed by atoms with Crippen LogP contribution in [-0.2, 0) is 0 Å². The predicted molar refractivity (Wildman–Crippen MR) is 90.3 cm³/mol. The molecule has 0 N–H and O–H groups in total. The van der Waals surface area contributed by atoms with Gasteiger partial charge >= 0.3 is 6.03 Å². The molecule has 1 aromatic heterocycles. The minimum Gasteiger partial charge on any atom is -0.304 e. The van der Waals surface area contributed by atoms with E-state index < -0.39 is 6.04 Å². The fourth-order valence-corrected chi connectivity index (χ4v) is 2.43. The Hall–Kier alpha value is -3.06. The lowest BCUT2D eigenvalue weighted by Crippen LogP contribution is -2.43. The second-order valence-electron chi connectivity index (χ2n) is 5.34. The van der Waals surface area contributed by atoms with Crippen molar-refractivity contribution in [1.29, 1.82) is 0 Å². The number of urea groups is 1. The van der Waals surface area contributed by atoms with Crippen LogP contribution in [0.4, 0.5) is 4.79 Å². The van der Waals surface area contributed by atoms with E-state index in [9.17, 15) is 4.79 Å². The average Bonchev–Trinajstić information content (AvgIpc) is 3.19. The fourth-order valence-electron chi connectivity index (χ4n) is 2.43. The third kappa shape index (κ3) is 3.24. The van der Waals surface area contributed by atoms with Gasteiger partial charge in [0, 0.05) is 26.0 Å². The Balaban J connectivity index is 0.000000213. The van der Waals surface area contributed by atoms with E-state index >= 15 is 0 Å². The molecule has 23 heavy (non-hydrogen) atoms.